The molecule has 24 heavy (non-hydrogen) atoms. The number of anilines is 1. The van der Waals surface area contributed by atoms with E-state index in [1.165, 1.54) is 17.6 Å². The van der Waals surface area contributed by atoms with E-state index >= 15 is 0 Å². The fourth-order valence-electron chi connectivity index (χ4n) is 1.65. The molecule has 0 saturated heterocycles. The molecule has 1 aromatic carbocycles. The van der Waals surface area contributed by atoms with Crippen LogP contribution in [0.3, 0.4) is 0 Å². The average Bonchev–Trinajstić information content (AvgIpc) is 2.96. The molecular weight excluding hydrogens is 472 g/mol. The summed E-state index contributed by atoms with van der Waals surface area (Å²) in [6.07, 6.45) is 1.27. The lowest BCUT2D eigenvalue weighted by Crippen LogP contribution is -2.07. The average molecular weight is 483 g/mol. The Morgan fingerprint density at radius 3 is 2.96 bits per heavy atom. The maximum atomic E-state index is 14.0. The zero-order chi connectivity index (χ0) is 17.7. The molecule has 128 valence electrons. The van der Waals surface area contributed by atoms with Crippen LogP contribution in [0, 0.1) is 11.6 Å². The fourth-order valence-corrected chi connectivity index (χ4v) is 3.11. The summed E-state index contributed by atoms with van der Waals surface area (Å²) in [5.74, 6) is -1.84. The Balaban J connectivity index is 2.04. The van der Waals surface area contributed by atoms with Crippen LogP contribution >= 0.6 is 43.2 Å². The zero-order valence-electron chi connectivity index (χ0n) is 12.3. The summed E-state index contributed by atoms with van der Waals surface area (Å²) in [4.78, 5) is 15.5. The van der Waals surface area contributed by atoms with Gasteiger partial charge in [0.25, 0.3) is 0 Å². The lowest BCUT2D eigenvalue weighted by molar-refractivity contribution is -0.142. The number of aromatic nitrogens is 1. The van der Waals surface area contributed by atoms with E-state index in [1.54, 1.807) is 12.3 Å². The molecule has 0 radical (unpaired) electrons. The number of thiazole rings is 1. The monoisotopic (exact) mass is 481 g/mol. The summed E-state index contributed by atoms with van der Waals surface area (Å²) in [5.41, 5.74) is 3.27. The molecule has 0 spiro atoms. The van der Waals surface area contributed by atoms with Crippen molar-refractivity contribution in [2.45, 2.75) is 13.3 Å². The van der Waals surface area contributed by atoms with Gasteiger partial charge in [-0.25, -0.2) is 13.8 Å². The topological polar surface area (TPSA) is 63.6 Å². The lowest BCUT2D eigenvalue weighted by Gasteiger charge is -2.04. The minimum absolute atomic E-state index is 0.0703. The first-order chi connectivity index (χ1) is 11.4. The molecule has 0 bridgehead atoms. The number of carbonyl (C=O) groups is 1. The lowest BCUT2D eigenvalue weighted by atomic mass is 10.2. The highest BCUT2D eigenvalue weighted by Gasteiger charge is 2.14. The Hall–Kier alpha value is -1.39. The van der Waals surface area contributed by atoms with Gasteiger partial charge in [0.1, 0.15) is 11.6 Å². The van der Waals surface area contributed by atoms with Crippen molar-refractivity contribution in [1.82, 2.24) is 4.98 Å². The summed E-state index contributed by atoms with van der Waals surface area (Å²) < 4.78 is 32.1. The second-order valence-electron chi connectivity index (χ2n) is 4.38. The number of esters is 1. The molecule has 0 fully saturated rings. The van der Waals surface area contributed by atoms with Crippen molar-refractivity contribution < 1.29 is 18.3 Å². The number of hydrogen-bond acceptors (Lipinski definition) is 6. The highest BCUT2D eigenvalue weighted by atomic mass is 79.9. The van der Waals surface area contributed by atoms with Gasteiger partial charge >= 0.3 is 5.97 Å². The summed E-state index contributed by atoms with van der Waals surface area (Å²) in [6, 6.07) is 1.13. The van der Waals surface area contributed by atoms with Gasteiger partial charge in [0.2, 0.25) is 5.13 Å². The van der Waals surface area contributed by atoms with E-state index in [9.17, 15) is 13.6 Å². The van der Waals surface area contributed by atoms with Crippen LogP contribution in [-0.2, 0) is 16.0 Å². The highest BCUT2D eigenvalue weighted by molar-refractivity contribution is 9.11. The molecule has 0 aliphatic rings. The second-order valence-corrected chi connectivity index (χ2v) is 6.88. The maximum absolute atomic E-state index is 14.0. The molecule has 1 aromatic heterocycles. The number of hydrazone groups is 1. The quantitative estimate of drug-likeness (QED) is 0.216. The van der Waals surface area contributed by atoms with E-state index in [1.807, 2.05) is 0 Å². The smallest absolute Gasteiger partial charge is 0.311 e. The van der Waals surface area contributed by atoms with Gasteiger partial charge < -0.3 is 4.74 Å². The van der Waals surface area contributed by atoms with E-state index < -0.39 is 11.6 Å². The van der Waals surface area contributed by atoms with E-state index in [0.717, 1.165) is 6.07 Å². The molecule has 0 aliphatic carbocycles. The van der Waals surface area contributed by atoms with Gasteiger partial charge in [0.15, 0.2) is 0 Å². The molecule has 10 heteroatoms. The highest BCUT2D eigenvalue weighted by Crippen LogP contribution is 2.28. The summed E-state index contributed by atoms with van der Waals surface area (Å²) in [5, 5.41) is 6.00. The van der Waals surface area contributed by atoms with E-state index in [4.69, 9.17) is 4.74 Å². The summed E-state index contributed by atoms with van der Waals surface area (Å²) >= 11 is 7.15. The fraction of sp³-hybridized carbons (Fsp3) is 0.214. The van der Waals surface area contributed by atoms with Crippen LogP contribution in [0.5, 0.6) is 0 Å². The van der Waals surface area contributed by atoms with Crippen molar-refractivity contribution in [1.29, 1.82) is 0 Å². The predicted molar refractivity (Wildman–Crippen MR) is 95.4 cm³/mol. The third kappa shape index (κ3) is 4.81. The third-order valence-electron chi connectivity index (χ3n) is 2.69. The molecule has 0 unspecified atom stereocenters. The van der Waals surface area contributed by atoms with Crippen molar-refractivity contribution in [2.75, 3.05) is 12.0 Å². The minimum Gasteiger partial charge on any atom is -0.466 e. The van der Waals surface area contributed by atoms with Crippen LogP contribution < -0.4 is 5.43 Å². The first-order valence-corrected chi connectivity index (χ1v) is 9.11. The van der Waals surface area contributed by atoms with E-state index in [2.05, 4.69) is 47.4 Å². The normalized spacial score (nSPS) is 11.0. The van der Waals surface area contributed by atoms with Crippen molar-refractivity contribution >= 4 is 60.5 Å². The van der Waals surface area contributed by atoms with Crippen molar-refractivity contribution in [2.24, 2.45) is 5.10 Å². The minimum atomic E-state index is -0.769. The number of nitrogens with one attached hydrogen (secondary N) is 1. The van der Waals surface area contributed by atoms with Gasteiger partial charge in [0, 0.05) is 15.4 Å². The number of hydrogen-bond donors (Lipinski definition) is 1. The Kier molecular flexibility index (Phi) is 6.81. The number of ether oxygens (including phenoxy) is 1. The number of carbonyl (C=O) groups excluding carboxylic acids is 1. The second kappa shape index (κ2) is 8.63. The molecular formula is C14H11Br2F2N3O2S. The molecule has 0 amide bonds. The van der Waals surface area contributed by atoms with Crippen molar-refractivity contribution in [3.8, 4) is 0 Å². The molecule has 2 aromatic rings. The van der Waals surface area contributed by atoms with E-state index in [0.29, 0.717) is 17.4 Å². The van der Waals surface area contributed by atoms with Gasteiger partial charge in [-0.1, -0.05) is 0 Å². The largest absolute Gasteiger partial charge is 0.466 e. The maximum Gasteiger partial charge on any atom is 0.311 e. The number of nitrogens with zero attached hydrogens (tertiary/aromatic N) is 2. The molecule has 0 aliphatic heterocycles. The predicted octanol–water partition coefficient (Wildman–Crippen LogP) is 4.50. The number of rotatable bonds is 6. The Labute approximate surface area is 157 Å². The van der Waals surface area contributed by atoms with Gasteiger partial charge in [0.05, 0.1) is 29.4 Å². The molecule has 0 atom stereocenters. The van der Waals surface area contributed by atoms with Crippen molar-refractivity contribution in [3.05, 3.63) is 43.3 Å². The molecule has 0 saturated carbocycles. The Morgan fingerprint density at radius 2 is 2.25 bits per heavy atom. The van der Waals surface area contributed by atoms with Gasteiger partial charge in [-0.2, -0.15) is 5.10 Å². The first kappa shape index (κ1) is 18.9. The van der Waals surface area contributed by atoms with Crippen LogP contribution in [0.25, 0.3) is 0 Å². The third-order valence-corrected chi connectivity index (χ3v) is 4.86. The molecule has 5 nitrogen and oxygen atoms in total. The zero-order valence-corrected chi connectivity index (χ0v) is 16.3. The first-order valence-electron chi connectivity index (χ1n) is 6.64. The van der Waals surface area contributed by atoms with Crippen LogP contribution in [-0.4, -0.2) is 23.8 Å². The number of benzene rings is 1. The van der Waals surface area contributed by atoms with Crippen LogP contribution in [0.1, 0.15) is 18.2 Å². The molecule has 1 heterocycles. The standard InChI is InChI=1S/C14H11Br2F2N3O2S/c1-2-23-11(22)3-7-6-24-14(20-7)21-19-5-8-9(15)4-10(17)12(16)13(8)18/h4-6H,2-3H2,1H3,(H,20,21). The Bertz CT molecular complexity index is 784. The molecule has 1 N–H and O–H groups in total. The number of halogens is 4. The van der Waals surface area contributed by atoms with Crippen LogP contribution in [0.2, 0.25) is 0 Å². The Morgan fingerprint density at radius 1 is 1.50 bits per heavy atom. The van der Waals surface area contributed by atoms with Crippen LogP contribution in [0.15, 0.2) is 25.5 Å². The summed E-state index contributed by atoms with van der Waals surface area (Å²) in [6.45, 7) is 2.04. The summed E-state index contributed by atoms with van der Waals surface area (Å²) in [7, 11) is 0. The van der Waals surface area contributed by atoms with Gasteiger partial charge in [-0.3, -0.25) is 10.2 Å². The molecule has 2 rings (SSSR count). The van der Waals surface area contributed by atoms with Crippen LogP contribution in [0.4, 0.5) is 13.9 Å². The van der Waals surface area contributed by atoms with Crippen molar-refractivity contribution in [3.63, 3.8) is 0 Å². The van der Waals surface area contributed by atoms with Gasteiger partial charge in [-0.15, -0.1) is 11.3 Å². The SMILES string of the molecule is CCOC(=O)Cc1csc(NN=Cc2c(Br)cc(F)c(Br)c2F)n1. The van der Waals surface area contributed by atoms with Gasteiger partial charge in [-0.05, 0) is 44.8 Å². The van der Waals surface area contributed by atoms with E-state index in [-0.39, 0.29) is 26.9 Å².